The Kier molecular flexibility index (Phi) is 9.53. The van der Waals surface area contributed by atoms with Crippen LogP contribution >= 0.6 is 0 Å². The summed E-state index contributed by atoms with van der Waals surface area (Å²) in [6.07, 6.45) is 16.4. The molecule has 6 heteroatoms. The molecule has 0 aromatic rings. The molecule has 5 nitrogen and oxygen atoms in total. The van der Waals surface area contributed by atoms with Crippen molar-refractivity contribution in [2.75, 3.05) is 13.1 Å². The lowest BCUT2D eigenvalue weighted by Gasteiger charge is -2.17. The molecule has 1 rings (SSSR count). The molecule has 0 unspecified atom stereocenters. The Bertz CT molecular complexity index is 452. The third-order valence-electron chi connectivity index (χ3n) is 2.56. The summed E-state index contributed by atoms with van der Waals surface area (Å²) in [6.45, 7) is 10.1. The van der Waals surface area contributed by atoms with Gasteiger partial charge in [0.05, 0.1) is 0 Å². The standard InChI is InChI=1S/C15H20N.ClHO4/c1-4-7-8-9-14-10-12-15(13-11-14)16(5-2)6-3;2-1(3,4)5/h4,7-13H,1,5-6H2,2-3H3;(H,2,3,4,5)/q+1;/p-1/b8-7+;. The van der Waals surface area contributed by atoms with E-state index in [2.05, 4.69) is 55.4 Å². The first-order valence-electron chi connectivity index (χ1n) is 6.41. The molecule has 0 saturated heterocycles. The van der Waals surface area contributed by atoms with Crippen LogP contribution in [0.5, 0.6) is 0 Å². The number of halogens is 1. The summed E-state index contributed by atoms with van der Waals surface area (Å²) in [5.41, 5.74) is 2.50. The van der Waals surface area contributed by atoms with Gasteiger partial charge in [-0.15, -0.1) is 10.2 Å². The van der Waals surface area contributed by atoms with Crippen LogP contribution < -0.4 is 18.6 Å². The Balaban J connectivity index is 0.000000690. The highest BCUT2D eigenvalue weighted by Gasteiger charge is 2.07. The second-order valence-electron chi connectivity index (χ2n) is 3.93. The predicted molar refractivity (Wildman–Crippen MR) is 72.0 cm³/mol. The largest absolute Gasteiger partial charge is 0.231 e. The van der Waals surface area contributed by atoms with E-state index in [0.29, 0.717) is 0 Å². The highest BCUT2D eigenvalue weighted by molar-refractivity contribution is 6.02. The number of rotatable bonds is 4. The fraction of sp³-hybridized carbons (Fsp3) is 0.267. The van der Waals surface area contributed by atoms with Crippen LogP contribution in [0.25, 0.3) is 0 Å². The van der Waals surface area contributed by atoms with Crippen molar-refractivity contribution in [3.8, 4) is 0 Å². The summed E-state index contributed by atoms with van der Waals surface area (Å²) < 4.78 is 36.3. The topological polar surface area (TPSA) is 95.2 Å². The van der Waals surface area contributed by atoms with Crippen molar-refractivity contribution in [2.24, 2.45) is 0 Å². The van der Waals surface area contributed by atoms with Crippen molar-refractivity contribution in [3.05, 3.63) is 60.8 Å². The summed E-state index contributed by atoms with van der Waals surface area (Å²) in [5.74, 6) is 0. The highest BCUT2D eigenvalue weighted by Crippen LogP contribution is 2.07. The SMILES string of the molecule is C=C/C=C/C=C1C=CC(=[N+](CC)CC)C=C1.[O-][Cl+3]([O-])([O-])[O-]. The lowest BCUT2D eigenvalue weighted by Crippen LogP contribution is -2.68. The molecule has 0 heterocycles. The first-order chi connectivity index (χ1) is 9.81. The fourth-order valence-corrected chi connectivity index (χ4v) is 1.63. The molecule has 0 fully saturated rings. The lowest BCUT2D eigenvalue weighted by atomic mass is 10.1. The molecule has 1 aliphatic carbocycles. The maximum atomic E-state index is 8.49. The molecule has 1 aliphatic rings. The van der Waals surface area contributed by atoms with Crippen molar-refractivity contribution in [1.29, 1.82) is 0 Å². The van der Waals surface area contributed by atoms with Gasteiger partial charge in [-0.1, -0.05) is 30.9 Å². The quantitative estimate of drug-likeness (QED) is 0.467. The van der Waals surface area contributed by atoms with E-state index in [9.17, 15) is 0 Å². The van der Waals surface area contributed by atoms with Crippen molar-refractivity contribution < 1.29 is 33.5 Å². The van der Waals surface area contributed by atoms with Crippen LogP contribution in [0.3, 0.4) is 0 Å². The van der Waals surface area contributed by atoms with Crippen LogP contribution in [0, 0.1) is 10.2 Å². The highest BCUT2D eigenvalue weighted by atomic mass is 35.7. The van der Waals surface area contributed by atoms with Crippen molar-refractivity contribution in [3.63, 3.8) is 0 Å². The predicted octanol–water partition coefficient (Wildman–Crippen LogP) is -1.48. The zero-order chi connectivity index (χ0) is 16.3. The number of nitrogens with zero attached hydrogens (tertiary/aromatic N) is 1. The molecule has 21 heavy (non-hydrogen) atoms. The van der Waals surface area contributed by atoms with E-state index >= 15 is 0 Å². The van der Waals surface area contributed by atoms with Crippen LogP contribution in [0.1, 0.15) is 13.8 Å². The van der Waals surface area contributed by atoms with Crippen LogP contribution in [0.2, 0.25) is 0 Å². The van der Waals surface area contributed by atoms with E-state index in [1.54, 1.807) is 6.08 Å². The minimum Gasteiger partial charge on any atom is -0.231 e. The third-order valence-corrected chi connectivity index (χ3v) is 2.56. The van der Waals surface area contributed by atoms with Gasteiger partial charge in [-0.3, -0.25) is 0 Å². The Morgan fingerprint density at radius 3 is 1.86 bits per heavy atom. The molecule has 0 aliphatic heterocycles. The fourth-order valence-electron chi connectivity index (χ4n) is 1.63. The van der Waals surface area contributed by atoms with Gasteiger partial charge in [0, 0.05) is 12.2 Å². The maximum absolute atomic E-state index is 8.49. The van der Waals surface area contributed by atoms with Crippen molar-refractivity contribution in [2.45, 2.75) is 13.8 Å². The Labute approximate surface area is 127 Å². The first-order valence-corrected chi connectivity index (χ1v) is 7.64. The molecule has 0 aromatic carbocycles. The molecule has 0 atom stereocenters. The van der Waals surface area contributed by atoms with Gasteiger partial charge in [0.25, 0.3) is 0 Å². The zero-order valence-electron chi connectivity index (χ0n) is 12.2. The summed E-state index contributed by atoms with van der Waals surface area (Å²) in [4.78, 5) is 0. The van der Waals surface area contributed by atoms with Crippen LogP contribution in [0.4, 0.5) is 0 Å². The lowest BCUT2D eigenvalue weighted by molar-refractivity contribution is -2.00. The average molecular weight is 314 g/mol. The molecular formula is C15H20ClNO4. The molecule has 0 amide bonds. The molecular weight excluding hydrogens is 294 g/mol. The minimum absolute atomic E-state index is 1.05. The van der Waals surface area contributed by atoms with Gasteiger partial charge in [0.15, 0.2) is 5.71 Å². The Morgan fingerprint density at radius 2 is 1.48 bits per heavy atom. The second-order valence-corrected chi connectivity index (χ2v) is 4.68. The van der Waals surface area contributed by atoms with E-state index in [-0.39, 0.29) is 0 Å². The van der Waals surface area contributed by atoms with E-state index in [0.717, 1.165) is 13.1 Å². The zero-order valence-corrected chi connectivity index (χ0v) is 13.0. The monoisotopic (exact) mass is 313 g/mol. The van der Waals surface area contributed by atoms with Gasteiger partial charge in [-0.05, 0) is 31.6 Å². The second kappa shape index (κ2) is 10.3. The molecule has 0 aromatic heterocycles. The van der Waals surface area contributed by atoms with Gasteiger partial charge >= 0.3 is 0 Å². The summed E-state index contributed by atoms with van der Waals surface area (Å²) >= 11 is 0. The maximum Gasteiger partial charge on any atom is 0.199 e. The third kappa shape index (κ3) is 10.9. The molecule has 0 spiro atoms. The van der Waals surface area contributed by atoms with E-state index in [4.69, 9.17) is 18.6 Å². The van der Waals surface area contributed by atoms with E-state index in [1.807, 2.05) is 12.2 Å². The van der Waals surface area contributed by atoms with Gasteiger partial charge in [-0.2, -0.15) is 0 Å². The molecule has 0 radical (unpaired) electrons. The van der Waals surface area contributed by atoms with Gasteiger partial charge in [-0.25, -0.2) is 23.2 Å². The normalized spacial score (nSPS) is 14.0. The summed E-state index contributed by atoms with van der Waals surface area (Å²) in [6, 6.07) is 0. The molecule has 0 saturated carbocycles. The van der Waals surface area contributed by atoms with Crippen molar-refractivity contribution in [1.82, 2.24) is 0 Å². The van der Waals surface area contributed by atoms with Crippen LogP contribution in [-0.4, -0.2) is 23.4 Å². The first kappa shape index (κ1) is 19.5. The van der Waals surface area contributed by atoms with E-state index in [1.165, 1.54) is 11.3 Å². The molecule has 0 N–H and O–H groups in total. The number of hydrogen-bond acceptors (Lipinski definition) is 4. The van der Waals surface area contributed by atoms with Gasteiger partial charge in [0.1, 0.15) is 13.1 Å². The average Bonchev–Trinajstić information content (AvgIpc) is 2.40. The minimum atomic E-state index is -4.94. The van der Waals surface area contributed by atoms with Crippen LogP contribution in [0.15, 0.2) is 60.8 Å². The van der Waals surface area contributed by atoms with Gasteiger partial charge < -0.3 is 0 Å². The van der Waals surface area contributed by atoms with Crippen LogP contribution in [-0.2, 0) is 0 Å². The van der Waals surface area contributed by atoms with E-state index < -0.39 is 10.2 Å². The Hall–Kier alpha value is -1.50. The Morgan fingerprint density at radius 1 is 1.00 bits per heavy atom. The number of hydrogen-bond donors (Lipinski definition) is 0. The smallest absolute Gasteiger partial charge is 0.199 e. The van der Waals surface area contributed by atoms with Crippen molar-refractivity contribution >= 4 is 5.71 Å². The number of allylic oxidation sites excluding steroid dienone is 9. The molecule has 0 bridgehead atoms. The summed E-state index contributed by atoms with van der Waals surface area (Å²) in [7, 11) is -4.94. The van der Waals surface area contributed by atoms with Gasteiger partial charge in [0.2, 0.25) is 0 Å². The summed E-state index contributed by atoms with van der Waals surface area (Å²) in [5, 5.41) is 0. The molecule has 116 valence electrons.